The van der Waals surface area contributed by atoms with Crippen LogP contribution in [0.15, 0.2) is 12.3 Å². The molecule has 1 aliphatic rings. The van der Waals surface area contributed by atoms with Gasteiger partial charge in [0.2, 0.25) is 5.91 Å². The Morgan fingerprint density at radius 2 is 2.33 bits per heavy atom. The summed E-state index contributed by atoms with van der Waals surface area (Å²) in [7, 11) is 0. The highest BCUT2D eigenvalue weighted by Crippen LogP contribution is 2.25. The molecule has 1 atom stereocenters. The molecule has 1 amide bonds. The van der Waals surface area contributed by atoms with Crippen LogP contribution in [0.3, 0.4) is 0 Å². The summed E-state index contributed by atoms with van der Waals surface area (Å²) in [4.78, 5) is 24.3. The molecule has 1 aliphatic heterocycles. The van der Waals surface area contributed by atoms with E-state index in [9.17, 15) is 9.59 Å². The zero-order valence-electron chi connectivity index (χ0n) is 10.5. The number of hydrogen-bond donors (Lipinski definition) is 1. The molecule has 2 rings (SSSR count). The van der Waals surface area contributed by atoms with Gasteiger partial charge in [0, 0.05) is 25.6 Å². The van der Waals surface area contributed by atoms with E-state index in [1.165, 1.54) is 4.90 Å². The number of nitrogens with zero attached hydrogens (tertiary/aromatic N) is 3. The Kier molecular flexibility index (Phi) is 3.36. The SMILES string of the molecule is CC(C)Cn1nccc1N1CC(C(=O)O)CC1=O. The molecule has 1 saturated heterocycles. The van der Waals surface area contributed by atoms with Crippen LogP contribution in [0.5, 0.6) is 0 Å². The Morgan fingerprint density at radius 1 is 1.61 bits per heavy atom. The molecule has 1 aromatic rings. The van der Waals surface area contributed by atoms with Gasteiger partial charge in [-0.15, -0.1) is 0 Å². The first-order chi connectivity index (χ1) is 8.49. The summed E-state index contributed by atoms with van der Waals surface area (Å²) in [5, 5.41) is 13.1. The Balaban J connectivity index is 2.19. The van der Waals surface area contributed by atoms with Gasteiger partial charge in [0.25, 0.3) is 0 Å². The van der Waals surface area contributed by atoms with Crippen LogP contribution in [-0.2, 0) is 16.1 Å². The summed E-state index contributed by atoms with van der Waals surface area (Å²) in [5.74, 6) is -0.567. The van der Waals surface area contributed by atoms with Gasteiger partial charge < -0.3 is 5.11 Å². The summed E-state index contributed by atoms with van der Waals surface area (Å²) < 4.78 is 1.76. The van der Waals surface area contributed by atoms with Crippen molar-refractivity contribution in [2.45, 2.75) is 26.8 Å². The molecular formula is C12H17N3O3. The lowest BCUT2D eigenvalue weighted by Crippen LogP contribution is -2.28. The Hall–Kier alpha value is -1.85. The number of carboxylic acid groups (broad SMARTS) is 1. The third-order valence-corrected chi connectivity index (χ3v) is 2.98. The van der Waals surface area contributed by atoms with E-state index in [1.807, 2.05) is 0 Å². The van der Waals surface area contributed by atoms with Crippen molar-refractivity contribution in [1.29, 1.82) is 0 Å². The van der Waals surface area contributed by atoms with Crippen LogP contribution in [0.1, 0.15) is 20.3 Å². The maximum absolute atomic E-state index is 11.8. The average Bonchev–Trinajstić information content (AvgIpc) is 2.83. The molecule has 1 aromatic heterocycles. The van der Waals surface area contributed by atoms with Gasteiger partial charge in [0.1, 0.15) is 5.82 Å². The zero-order valence-corrected chi connectivity index (χ0v) is 10.5. The van der Waals surface area contributed by atoms with E-state index < -0.39 is 11.9 Å². The normalized spacial score (nSPS) is 19.8. The van der Waals surface area contributed by atoms with Crippen LogP contribution in [0.25, 0.3) is 0 Å². The maximum Gasteiger partial charge on any atom is 0.308 e. The standard InChI is InChI=1S/C12H17N3O3/c1-8(2)6-15-10(3-4-13-15)14-7-9(12(17)18)5-11(14)16/h3-4,8-9H,5-7H2,1-2H3,(H,17,18). The third kappa shape index (κ3) is 2.37. The lowest BCUT2D eigenvalue weighted by molar-refractivity contribution is -0.141. The van der Waals surface area contributed by atoms with Crippen LogP contribution in [0, 0.1) is 11.8 Å². The molecular weight excluding hydrogens is 234 g/mol. The molecule has 1 unspecified atom stereocenters. The molecule has 98 valence electrons. The number of carbonyl (C=O) groups excluding carboxylic acids is 1. The summed E-state index contributed by atoms with van der Waals surface area (Å²) in [6.45, 7) is 5.08. The molecule has 6 nitrogen and oxygen atoms in total. The van der Waals surface area contributed by atoms with Gasteiger partial charge in [-0.1, -0.05) is 13.8 Å². The van der Waals surface area contributed by atoms with Crippen molar-refractivity contribution in [1.82, 2.24) is 9.78 Å². The number of aromatic nitrogens is 2. The van der Waals surface area contributed by atoms with Crippen molar-refractivity contribution in [3.63, 3.8) is 0 Å². The lowest BCUT2D eigenvalue weighted by atomic mass is 10.1. The number of carbonyl (C=O) groups is 2. The number of amides is 1. The second-order valence-electron chi connectivity index (χ2n) is 5.01. The molecule has 0 saturated carbocycles. The first-order valence-electron chi connectivity index (χ1n) is 6.04. The van der Waals surface area contributed by atoms with Crippen LogP contribution >= 0.6 is 0 Å². The van der Waals surface area contributed by atoms with E-state index in [4.69, 9.17) is 5.11 Å². The Bertz CT molecular complexity index is 467. The number of rotatable bonds is 4. The number of carboxylic acids is 1. The van der Waals surface area contributed by atoms with Crippen LogP contribution < -0.4 is 4.90 Å². The average molecular weight is 251 g/mol. The van der Waals surface area contributed by atoms with Gasteiger partial charge in [0.15, 0.2) is 0 Å². The predicted molar refractivity (Wildman–Crippen MR) is 65.2 cm³/mol. The molecule has 0 spiro atoms. The summed E-state index contributed by atoms with van der Waals surface area (Å²) >= 11 is 0. The monoisotopic (exact) mass is 251 g/mol. The molecule has 6 heteroatoms. The largest absolute Gasteiger partial charge is 0.481 e. The predicted octanol–water partition coefficient (Wildman–Crippen LogP) is 0.977. The summed E-state index contributed by atoms with van der Waals surface area (Å²) in [6.07, 6.45) is 1.71. The summed E-state index contributed by atoms with van der Waals surface area (Å²) in [5.41, 5.74) is 0. The lowest BCUT2D eigenvalue weighted by Gasteiger charge is -2.18. The fourth-order valence-corrected chi connectivity index (χ4v) is 2.14. The first kappa shape index (κ1) is 12.6. The van der Waals surface area contributed by atoms with Crippen molar-refractivity contribution in [2.75, 3.05) is 11.4 Å². The minimum absolute atomic E-state index is 0.0716. The highest BCUT2D eigenvalue weighted by Gasteiger charge is 2.36. The van der Waals surface area contributed by atoms with Crippen LogP contribution in [-0.4, -0.2) is 33.3 Å². The van der Waals surface area contributed by atoms with Gasteiger partial charge in [-0.25, -0.2) is 4.68 Å². The molecule has 18 heavy (non-hydrogen) atoms. The van der Waals surface area contributed by atoms with E-state index in [1.54, 1.807) is 16.9 Å². The van der Waals surface area contributed by atoms with Crippen molar-refractivity contribution in [2.24, 2.45) is 11.8 Å². The van der Waals surface area contributed by atoms with Gasteiger partial charge >= 0.3 is 5.97 Å². The smallest absolute Gasteiger partial charge is 0.308 e. The number of anilines is 1. The first-order valence-corrected chi connectivity index (χ1v) is 6.04. The van der Waals surface area contributed by atoms with Gasteiger partial charge in [-0.05, 0) is 5.92 Å². The van der Waals surface area contributed by atoms with Crippen molar-refractivity contribution in [3.05, 3.63) is 12.3 Å². The van der Waals surface area contributed by atoms with Crippen molar-refractivity contribution >= 4 is 17.7 Å². The Labute approximate surface area is 105 Å². The molecule has 0 radical (unpaired) electrons. The van der Waals surface area contributed by atoms with Crippen LogP contribution in [0.2, 0.25) is 0 Å². The second kappa shape index (κ2) is 4.80. The highest BCUT2D eigenvalue weighted by atomic mass is 16.4. The van der Waals surface area contributed by atoms with Crippen molar-refractivity contribution < 1.29 is 14.7 Å². The van der Waals surface area contributed by atoms with Gasteiger partial charge in [0.05, 0.1) is 12.1 Å². The number of hydrogen-bond acceptors (Lipinski definition) is 3. The quantitative estimate of drug-likeness (QED) is 0.865. The van der Waals surface area contributed by atoms with E-state index in [2.05, 4.69) is 18.9 Å². The van der Waals surface area contributed by atoms with E-state index in [0.29, 0.717) is 18.3 Å². The fraction of sp³-hybridized carbons (Fsp3) is 0.583. The topological polar surface area (TPSA) is 75.4 Å². The van der Waals surface area contributed by atoms with E-state index >= 15 is 0 Å². The van der Waals surface area contributed by atoms with Crippen LogP contribution in [0.4, 0.5) is 5.82 Å². The second-order valence-corrected chi connectivity index (χ2v) is 5.01. The number of aliphatic carboxylic acids is 1. The third-order valence-electron chi connectivity index (χ3n) is 2.98. The summed E-state index contributed by atoms with van der Waals surface area (Å²) in [6, 6.07) is 1.75. The minimum atomic E-state index is -0.916. The van der Waals surface area contributed by atoms with Gasteiger partial charge in [-0.3, -0.25) is 14.5 Å². The van der Waals surface area contributed by atoms with Crippen molar-refractivity contribution in [3.8, 4) is 0 Å². The molecule has 0 aromatic carbocycles. The highest BCUT2D eigenvalue weighted by molar-refractivity contribution is 5.98. The minimum Gasteiger partial charge on any atom is -0.481 e. The molecule has 0 aliphatic carbocycles. The zero-order chi connectivity index (χ0) is 13.3. The van der Waals surface area contributed by atoms with Gasteiger partial charge in [-0.2, -0.15) is 5.10 Å². The molecule has 1 N–H and O–H groups in total. The Morgan fingerprint density at radius 3 is 2.89 bits per heavy atom. The molecule has 0 bridgehead atoms. The molecule has 1 fully saturated rings. The fourth-order valence-electron chi connectivity index (χ4n) is 2.14. The van der Waals surface area contributed by atoms with E-state index in [0.717, 1.165) is 0 Å². The van der Waals surface area contributed by atoms with E-state index in [-0.39, 0.29) is 18.9 Å². The molecule has 2 heterocycles. The maximum atomic E-state index is 11.8.